The third-order valence-electron chi connectivity index (χ3n) is 6.02. The summed E-state index contributed by atoms with van der Waals surface area (Å²) in [6, 6.07) is 6.39. The van der Waals surface area contributed by atoms with E-state index in [0.29, 0.717) is 31.1 Å². The van der Waals surface area contributed by atoms with Crippen LogP contribution in [0.25, 0.3) is 0 Å². The van der Waals surface area contributed by atoms with Crippen molar-refractivity contribution in [1.29, 1.82) is 0 Å². The quantitative estimate of drug-likeness (QED) is 0.657. The molecule has 1 atom stereocenters. The van der Waals surface area contributed by atoms with Crippen molar-refractivity contribution in [1.82, 2.24) is 19.7 Å². The third-order valence-corrected chi connectivity index (χ3v) is 6.02. The summed E-state index contributed by atoms with van der Waals surface area (Å²) < 4.78 is 14.9. The Bertz CT molecular complexity index is 1100. The van der Waals surface area contributed by atoms with Gasteiger partial charge in [0.2, 0.25) is 5.95 Å². The second-order valence-electron chi connectivity index (χ2n) is 7.98. The van der Waals surface area contributed by atoms with Gasteiger partial charge in [-0.3, -0.25) is 9.48 Å². The highest BCUT2D eigenvalue weighted by Crippen LogP contribution is 2.38. The van der Waals surface area contributed by atoms with E-state index in [1.165, 1.54) is 12.1 Å². The molecule has 1 aliphatic heterocycles. The highest BCUT2D eigenvalue weighted by molar-refractivity contribution is 6.06. The predicted octanol–water partition coefficient (Wildman–Crippen LogP) is 3.05. The number of nitrogens with one attached hydrogen (secondary N) is 1. The van der Waals surface area contributed by atoms with Crippen molar-refractivity contribution in [2.24, 2.45) is 0 Å². The van der Waals surface area contributed by atoms with Crippen LogP contribution in [-0.4, -0.2) is 45.3 Å². The second kappa shape index (κ2) is 7.98. The number of hydrogen-bond donors (Lipinski definition) is 1. The minimum absolute atomic E-state index is 0.0304. The maximum Gasteiger partial charge on any atom is 0.252 e. The predicted molar refractivity (Wildman–Crippen MR) is 118 cm³/mol. The van der Waals surface area contributed by atoms with E-state index in [-0.39, 0.29) is 11.7 Å². The maximum absolute atomic E-state index is 13.1. The van der Waals surface area contributed by atoms with Gasteiger partial charge in [0.25, 0.3) is 5.91 Å². The van der Waals surface area contributed by atoms with Gasteiger partial charge in [-0.15, -0.1) is 0 Å². The smallest absolute Gasteiger partial charge is 0.252 e. The molecule has 0 radical (unpaired) electrons. The van der Waals surface area contributed by atoms with Crippen LogP contribution in [0.15, 0.2) is 42.9 Å². The van der Waals surface area contributed by atoms with Crippen molar-refractivity contribution in [3.05, 3.63) is 59.8 Å². The van der Waals surface area contributed by atoms with Gasteiger partial charge in [-0.2, -0.15) is 10.1 Å². The summed E-state index contributed by atoms with van der Waals surface area (Å²) in [5.41, 5.74) is 2.00. The second-order valence-corrected chi connectivity index (χ2v) is 7.98. The van der Waals surface area contributed by atoms with E-state index in [1.54, 1.807) is 41.2 Å². The summed E-state index contributed by atoms with van der Waals surface area (Å²) in [5.74, 6) is 0.983. The van der Waals surface area contributed by atoms with Crippen LogP contribution in [0.3, 0.4) is 0 Å². The van der Waals surface area contributed by atoms with Crippen molar-refractivity contribution in [3.8, 4) is 0 Å². The van der Waals surface area contributed by atoms with Crippen LogP contribution in [0, 0.1) is 5.82 Å². The lowest BCUT2D eigenvalue weighted by Gasteiger charge is -2.45. The molecule has 0 aliphatic carbocycles. The van der Waals surface area contributed by atoms with Crippen LogP contribution < -0.4 is 15.1 Å². The Morgan fingerprint density at radius 1 is 1.13 bits per heavy atom. The summed E-state index contributed by atoms with van der Waals surface area (Å²) in [6.07, 6.45) is 6.06. The Morgan fingerprint density at radius 3 is 2.58 bits per heavy atom. The molecule has 0 unspecified atom stereocenters. The Morgan fingerprint density at radius 2 is 1.87 bits per heavy atom. The Labute approximate surface area is 180 Å². The first-order chi connectivity index (χ1) is 14.8. The molecule has 8 nitrogen and oxygen atoms in total. The zero-order chi connectivity index (χ0) is 22.2. The van der Waals surface area contributed by atoms with Gasteiger partial charge in [0.15, 0.2) is 5.82 Å². The van der Waals surface area contributed by atoms with Gasteiger partial charge in [0.1, 0.15) is 17.0 Å². The lowest BCUT2D eigenvalue weighted by molar-refractivity contribution is -0.123. The number of likely N-dealkylation sites (N-methyl/N-ethyl adjacent to an activating group) is 2. The summed E-state index contributed by atoms with van der Waals surface area (Å²) in [5, 5.41) is 7.60. The molecule has 0 bridgehead atoms. The highest BCUT2D eigenvalue weighted by Gasteiger charge is 2.44. The first-order valence-corrected chi connectivity index (χ1v) is 10.2. The summed E-state index contributed by atoms with van der Waals surface area (Å²) in [7, 11) is 3.65. The number of fused-ring (bicyclic) bond motifs is 1. The van der Waals surface area contributed by atoms with Crippen LogP contribution in [0.4, 0.5) is 21.8 Å². The normalized spacial score (nSPS) is 18.3. The molecule has 0 spiro atoms. The number of aromatic nitrogens is 4. The number of halogens is 1. The fourth-order valence-electron chi connectivity index (χ4n) is 3.71. The summed E-state index contributed by atoms with van der Waals surface area (Å²) >= 11 is 0. The largest absolute Gasteiger partial charge is 0.350 e. The fourth-order valence-corrected chi connectivity index (χ4v) is 3.71. The van der Waals surface area contributed by atoms with E-state index >= 15 is 0 Å². The lowest BCUT2D eigenvalue weighted by Crippen LogP contribution is -2.59. The molecule has 31 heavy (non-hydrogen) atoms. The monoisotopic (exact) mass is 423 g/mol. The molecule has 0 saturated carbocycles. The molecule has 1 aromatic carbocycles. The SMILES string of the molecule is CC[C@@]1(C)C(=O)N(C)c2cnc(NCc3cnn(Cc4ccc(F)cc4)c3)nc2N1C. The Balaban J connectivity index is 1.46. The topological polar surface area (TPSA) is 79.2 Å². The van der Waals surface area contributed by atoms with Gasteiger partial charge in [-0.25, -0.2) is 9.37 Å². The highest BCUT2D eigenvalue weighted by atomic mass is 19.1. The van der Waals surface area contributed by atoms with Gasteiger partial charge in [0.05, 0.1) is 18.9 Å². The van der Waals surface area contributed by atoms with E-state index in [9.17, 15) is 9.18 Å². The molecule has 2 aromatic heterocycles. The number of hydrogen-bond acceptors (Lipinski definition) is 6. The summed E-state index contributed by atoms with van der Waals surface area (Å²) in [4.78, 5) is 25.4. The van der Waals surface area contributed by atoms with E-state index < -0.39 is 5.54 Å². The third kappa shape index (κ3) is 3.83. The zero-order valence-electron chi connectivity index (χ0n) is 18.1. The lowest BCUT2D eigenvalue weighted by atomic mass is 9.92. The molecule has 9 heteroatoms. The first-order valence-electron chi connectivity index (χ1n) is 10.2. The van der Waals surface area contributed by atoms with Crippen molar-refractivity contribution < 1.29 is 9.18 Å². The van der Waals surface area contributed by atoms with Crippen molar-refractivity contribution >= 4 is 23.4 Å². The van der Waals surface area contributed by atoms with Crippen LogP contribution >= 0.6 is 0 Å². The van der Waals surface area contributed by atoms with Gasteiger partial charge in [-0.1, -0.05) is 19.1 Å². The maximum atomic E-state index is 13.1. The number of amides is 1. The molecule has 1 N–H and O–H groups in total. The summed E-state index contributed by atoms with van der Waals surface area (Å²) in [6.45, 7) is 5.00. The van der Waals surface area contributed by atoms with Gasteiger partial charge in [0, 0.05) is 32.4 Å². The molecular weight excluding hydrogens is 397 g/mol. The average Bonchev–Trinajstić information content (AvgIpc) is 3.23. The van der Waals surface area contributed by atoms with Gasteiger partial charge in [-0.05, 0) is 31.0 Å². The van der Waals surface area contributed by atoms with E-state index in [2.05, 4.69) is 20.4 Å². The molecule has 3 heterocycles. The molecule has 0 fully saturated rings. The van der Waals surface area contributed by atoms with E-state index in [4.69, 9.17) is 0 Å². The van der Waals surface area contributed by atoms with E-state index in [1.807, 2.05) is 32.0 Å². The van der Waals surface area contributed by atoms with Gasteiger partial charge < -0.3 is 15.1 Å². The molecule has 0 saturated heterocycles. The molecule has 1 amide bonds. The Kier molecular flexibility index (Phi) is 5.34. The van der Waals surface area contributed by atoms with Crippen molar-refractivity contribution in [2.45, 2.75) is 38.9 Å². The van der Waals surface area contributed by atoms with E-state index in [0.717, 1.165) is 16.9 Å². The number of benzene rings is 1. The number of carbonyl (C=O) groups excluding carboxylic acids is 1. The number of carbonyl (C=O) groups is 1. The molecule has 3 aromatic rings. The molecular formula is C22H26FN7O. The van der Waals surface area contributed by atoms with Crippen LogP contribution in [0.1, 0.15) is 31.4 Å². The molecule has 162 valence electrons. The molecule has 4 rings (SSSR count). The fraction of sp³-hybridized carbons (Fsp3) is 0.364. The molecule has 1 aliphatic rings. The van der Waals surface area contributed by atoms with Gasteiger partial charge >= 0.3 is 0 Å². The minimum Gasteiger partial charge on any atom is -0.350 e. The Hall–Kier alpha value is -3.49. The number of anilines is 3. The van der Waals surface area contributed by atoms with Crippen LogP contribution in [0.2, 0.25) is 0 Å². The van der Waals surface area contributed by atoms with Crippen LogP contribution in [0.5, 0.6) is 0 Å². The minimum atomic E-state index is -0.644. The average molecular weight is 423 g/mol. The number of rotatable bonds is 6. The zero-order valence-corrected chi connectivity index (χ0v) is 18.1. The van der Waals surface area contributed by atoms with Crippen molar-refractivity contribution in [2.75, 3.05) is 29.2 Å². The number of nitrogens with zero attached hydrogens (tertiary/aromatic N) is 6. The van der Waals surface area contributed by atoms with Crippen LogP contribution in [-0.2, 0) is 17.9 Å². The first kappa shape index (κ1) is 20.8. The standard InChI is InChI=1S/C22H26FN7O/c1-5-22(2)20(31)28(3)18-12-25-21(27-19(18)29(22)4)24-10-16-11-26-30(14-16)13-15-6-8-17(23)9-7-15/h6-9,11-12,14H,5,10,13H2,1-4H3,(H,24,25,27)/t22-/m0/s1. The van der Waals surface area contributed by atoms with Crippen molar-refractivity contribution in [3.63, 3.8) is 0 Å².